The maximum absolute atomic E-state index is 12.3. The lowest BCUT2D eigenvalue weighted by Crippen LogP contribution is -2.15. The molecule has 0 aliphatic rings. The Labute approximate surface area is 127 Å². The van der Waals surface area contributed by atoms with Gasteiger partial charge in [-0.3, -0.25) is 4.79 Å². The molecule has 104 valence electrons. The molecule has 0 saturated carbocycles. The molecule has 0 atom stereocenters. The van der Waals surface area contributed by atoms with Crippen LogP contribution in [0.4, 0.5) is 5.69 Å². The van der Waals surface area contributed by atoms with Gasteiger partial charge in [-0.2, -0.15) is 0 Å². The molecule has 0 spiro atoms. The molecule has 0 bridgehead atoms. The molecule has 0 radical (unpaired) electrons. The summed E-state index contributed by atoms with van der Waals surface area (Å²) >= 11 is 3.26. The van der Waals surface area contributed by atoms with Crippen molar-refractivity contribution in [2.24, 2.45) is 0 Å². The molecular weight excluding hydrogens is 316 g/mol. The Bertz CT molecular complexity index is 621. The number of pyridine rings is 1. The summed E-state index contributed by atoms with van der Waals surface area (Å²) in [6.07, 6.45) is 1.56. The average Bonchev–Trinajstić information content (AvgIpc) is 2.41. The second-order valence-corrected chi connectivity index (χ2v) is 5.83. The summed E-state index contributed by atoms with van der Waals surface area (Å²) in [7, 11) is 0. The third-order valence-corrected chi connectivity index (χ3v) is 3.62. The Morgan fingerprint density at radius 1 is 1.25 bits per heavy atom. The van der Waals surface area contributed by atoms with Crippen LogP contribution in [0.15, 0.2) is 41.1 Å². The van der Waals surface area contributed by atoms with E-state index < -0.39 is 0 Å². The van der Waals surface area contributed by atoms with Crippen molar-refractivity contribution >= 4 is 27.5 Å². The van der Waals surface area contributed by atoms with Crippen molar-refractivity contribution in [3.05, 3.63) is 57.8 Å². The molecule has 1 N–H and O–H groups in total. The van der Waals surface area contributed by atoms with Crippen LogP contribution in [-0.2, 0) is 0 Å². The molecule has 3 nitrogen and oxygen atoms in total. The minimum Gasteiger partial charge on any atom is -0.321 e. The number of aryl methyl sites for hydroxylation is 1. The van der Waals surface area contributed by atoms with Crippen LogP contribution in [0.25, 0.3) is 0 Å². The van der Waals surface area contributed by atoms with Gasteiger partial charge >= 0.3 is 0 Å². The fraction of sp³-hybridized carbons (Fsp3) is 0.250. The lowest BCUT2D eigenvalue weighted by atomic mass is 9.98. The quantitative estimate of drug-likeness (QED) is 0.839. The second kappa shape index (κ2) is 6.18. The van der Waals surface area contributed by atoms with Gasteiger partial charge in [0.25, 0.3) is 5.91 Å². The summed E-state index contributed by atoms with van der Waals surface area (Å²) < 4.78 is 0.716. The van der Waals surface area contributed by atoms with Crippen molar-refractivity contribution in [3.8, 4) is 0 Å². The van der Waals surface area contributed by atoms with Crippen molar-refractivity contribution in [1.82, 2.24) is 4.98 Å². The molecular formula is C16H17BrN2O. The van der Waals surface area contributed by atoms with Crippen molar-refractivity contribution in [3.63, 3.8) is 0 Å². The van der Waals surface area contributed by atoms with Gasteiger partial charge in [-0.25, -0.2) is 4.98 Å². The second-order valence-electron chi connectivity index (χ2n) is 5.02. The van der Waals surface area contributed by atoms with Crippen LogP contribution in [0.2, 0.25) is 0 Å². The Morgan fingerprint density at radius 2 is 2.00 bits per heavy atom. The van der Waals surface area contributed by atoms with Gasteiger partial charge in [-0.1, -0.05) is 32.0 Å². The summed E-state index contributed by atoms with van der Waals surface area (Å²) in [5, 5.41) is 3.00. The summed E-state index contributed by atoms with van der Waals surface area (Å²) in [5.74, 6) is 0.217. The van der Waals surface area contributed by atoms with E-state index in [1.807, 2.05) is 25.1 Å². The van der Waals surface area contributed by atoms with E-state index in [-0.39, 0.29) is 5.91 Å². The molecule has 0 unspecified atom stereocenters. The van der Waals surface area contributed by atoms with E-state index in [2.05, 4.69) is 40.1 Å². The first kappa shape index (κ1) is 14.7. The van der Waals surface area contributed by atoms with Crippen LogP contribution in [0, 0.1) is 6.92 Å². The lowest BCUT2D eigenvalue weighted by molar-refractivity contribution is 0.102. The van der Waals surface area contributed by atoms with Gasteiger partial charge in [-0.15, -0.1) is 0 Å². The highest BCUT2D eigenvalue weighted by Gasteiger charge is 2.13. The number of rotatable bonds is 3. The van der Waals surface area contributed by atoms with E-state index >= 15 is 0 Å². The Balaban J connectivity index is 2.30. The van der Waals surface area contributed by atoms with Gasteiger partial charge in [0.2, 0.25) is 0 Å². The van der Waals surface area contributed by atoms with E-state index in [1.54, 1.807) is 18.3 Å². The Morgan fingerprint density at radius 3 is 2.60 bits per heavy atom. The number of anilines is 1. The standard InChI is InChI=1S/C16H17BrN2O/c1-10(2)13-6-4-5-11(3)15(13)19-16(20)12-7-8-14(17)18-9-12/h4-10H,1-3H3,(H,19,20). The van der Waals surface area contributed by atoms with Crippen LogP contribution in [0.1, 0.15) is 41.3 Å². The van der Waals surface area contributed by atoms with E-state index in [9.17, 15) is 4.79 Å². The molecule has 2 rings (SSSR count). The highest BCUT2D eigenvalue weighted by molar-refractivity contribution is 9.10. The molecule has 2 aromatic rings. The van der Waals surface area contributed by atoms with E-state index in [1.165, 1.54) is 0 Å². The average molecular weight is 333 g/mol. The summed E-state index contributed by atoms with van der Waals surface area (Å²) in [4.78, 5) is 16.4. The van der Waals surface area contributed by atoms with Gasteiger partial charge in [-0.05, 0) is 52.0 Å². The van der Waals surface area contributed by atoms with Crippen LogP contribution >= 0.6 is 15.9 Å². The smallest absolute Gasteiger partial charge is 0.257 e. The SMILES string of the molecule is Cc1cccc(C(C)C)c1NC(=O)c1ccc(Br)nc1. The van der Waals surface area contributed by atoms with E-state index in [4.69, 9.17) is 0 Å². The van der Waals surface area contributed by atoms with Crippen LogP contribution < -0.4 is 5.32 Å². The monoisotopic (exact) mass is 332 g/mol. The third kappa shape index (κ3) is 3.25. The topological polar surface area (TPSA) is 42.0 Å². The molecule has 0 saturated heterocycles. The van der Waals surface area contributed by atoms with Gasteiger partial charge in [0.15, 0.2) is 0 Å². The zero-order valence-corrected chi connectivity index (χ0v) is 13.4. The first-order chi connectivity index (χ1) is 9.49. The summed E-state index contributed by atoms with van der Waals surface area (Å²) in [6, 6.07) is 9.58. The molecule has 1 aromatic heterocycles. The Hall–Kier alpha value is -1.68. The molecule has 1 amide bonds. The molecule has 1 aromatic carbocycles. The number of halogens is 1. The van der Waals surface area contributed by atoms with Gasteiger partial charge < -0.3 is 5.32 Å². The van der Waals surface area contributed by atoms with Gasteiger partial charge in [0.1, 0.15) is 4.60 Å². The van der Waals surface area contributed by atoms with Crippen LogP contribution in [-0.4, -0.2) is 10.9 Å². The molecule has 0 aliphatic carbocycles. The van der Waals surface area contributed by atoms with Crippen molar-refractivity contribution in [1.29, 1.82) is 0 Å². The Kier molecular flexibility index (Phi) is 4.55. The number of hydrogen-bond donors (Lipinski definition) is 1. The first-order valence-electron chi connectivity index (χ1n) is 6.51. The lowest BCUT2D eigenvalue weighted by Gasteiger charge is -2.16. The van der Waals surface area contributed by atoms with Crippen LogP contribution in [0.5, 0.6) is 0 Å². The van der Waals surface area contributed by atoms with E-state index in [0.29, 0.717) is 16.1 Å². The zero-order valence-electron chi connectivity index (χ0n) is 11.8. The zero-order chi connectivity index (χ0) is 14.7. The number of hydrogen-bond acceptors (Lipinski definition) is 2. The predicted molar refractivity (Wildman–Crippen MR) is 85.2 cm³/mol. The number of carbonyl (C=O) groups excluding carboxylic acids is 1. The highest BCUT2D eigenvalue weighted by Crippen LogP contribution is 2.27. The molecule has 0 aliphatic heterocycles. The maximum Gasteiger partial charge on any atom is 0.257 e. The number of nitrogens with zero attached hydrogens (tertiary/aromatic N) is 1. The highest BCUT2D eigenvalue weighted by atomic mass is 79.9. The number of nitrogens with one attached hydrogen (secondary N) is 1. The van der Waals surface area contributed by atoms with Crippen molar-refractivity contribution in [2.75, 3.05) is 5.32 Å². The minimum atomic E-state index is -0.138. The summed E-state index contributed by atoms with van der Waals surface area (Å²) in [5.41, 5.74) is 3.65. The number of amides is 1. The third-order valence-electron chi connectivity index (χ3n) is 3.16. The molecule has 20 heavy (non-hydrogen) atoms. The van der Waals surface area contributed by atoms with Gasteiger partial charge in [0, 0.05) is 11.9 Å². The summed E-state index contributed by atoms with van der Waals surface area (Å²) in [6.45, 7) is 6.23. The van der Waals surface area contributed by atoms with Crippen molar-refractivity contribution < 1.29 is 4.79 Å². The largest absolute Gasteiger partial charge is 0.321 e. The fourth-order valence-corrected chi connectivity index (χ4v) is 2.27. The van der Waals surface area contributed by atoms with Crippen LogP contribution in [0.3, 0.4) is 0 Å². The van der Waals surface area contributed by atoms with E-state index in [0.717, 1.165) is 16.8 Å². The first-order valence-corrected chi connectivity index (χ1v) is 7.30. The molecule has 4 heteroatoms. The normalized spacial score (nSPS) is 10.7. The predicted octanol–water partition coefficient (Wildman–Crippen LogP) is 4.53. The number of para-hydroxylation sites is 1. The van der Waals surface area contributed by atoms with Gasteiger partial charge in [0.05, 0.1) is 5.56 Å². The minimum absolute atomic E-state index is 0.138. The van der Waals surface area contributed by atoms with Crippen molar-refractivity contribution in [2.45, 2.75) is 26.7 Å². The fourth-order valence-electron chi connectivity index (χ4n) is 2.04. The molecule has 0 fully saturated rings. The maximum atomic E-state index is 12.3. The number of carbonyl (C=O) groups is 1. The number of benzene rings is 1. The molecule has 1 heterocycles. The number of aromatic nitrogens is 1.